The lowest BCUT2D eigenvalue weighted by Crippen LogP contribution is -2.12. The smallest absolute Gasteiger partial charge is 0.266 e. The van der Waals surface area contributed by atoms with Crippen molar-refractivity contribution >= 4 is 39.0 Å². The molecule has 4 aromatic rings. The quantitative estimate of drug-likeness (QED) is 0.313. The second-order valence-corrected chi connectivity index (χ2v) is 9.16. The third kappa shape index (κ3) is 5.08. The van der Waals surface area contributed by atoms with Crippen LogP contribution in [0, 0.1) is 19.7 Å². The Labute approximate surface area is 198 Å². The Hall–Kier alpha value is -2.97. The average Bonchev–Trinajstić information content (AvgIpc) is 3.36. The Morgan fingerprint density at radius 1 is 1.19 bits per heavy atom. The number of para-hydroxylation sites is 1. The molecule has 1 amide bonds. The van der Waals surface area contributed by atoms with E-state index < -0.39 is 0 Å². The van der Waals surface area contributed by atoms with Crippen LogP contribution in [0.1, 0.15) is 31.9 Å². The van der Waals surface area contributed by atoms with E-state index in [0.717, 1.165) is 22.4 Å². The monoisotopic (exact) mass is 513 g/mol. The van der Waals surface area contributed by atoms with E-state index in [4.69, 9.17) is 4.74 Å². The van der Waals surface area contributed by atoms with E-state index in [0.29, 0.717) is 27.3 Å². The van der Waals surface area contributed by atoms with Crippen LogP contribution in [0.15, 0.2) is 64.6 Å². The molecule has 0 aliphatic heterocycles. The zero-order chi connectivity index (χ0) is 22.7. The fraction of sp³-hybridized carbons (Fsp3) is 0.167. The number of aromatic nitrogens is 2. The molecular weight excluding hydrogens is 493 g/mol. The summed E-state index contributed by atoms with van der Waals surface area (Å²) in [6.07, 6.45) is 1.71. The minimum absolute atomic E-state index is 0.259. The average molecular weight is 514 g/mol. The van der Waals surface area contributed by atoms with Crippen molar-refractivity contribution in [3.8, 4) is 5.75 Å². The second-order valence-electron chi connectivity index (χ2n) is 7.40. The SMILES string of the molecule is Cc1cccc(C)c1OCc1csc(C(=O)Nc2nn(Cc3ccccc3F)cc2Br)c1. The van der Waals surface area contributed by atoms with Crippen LogP contribution in [-0.4, -0.2) is 15.7 Å². The van der Waals surface area contributed by atoms with Gasteiger partial charge in [-0.1, -0.05) is 36.4 Å². The Bertz CT molecular complexity index is 1250. The van der Waals surface area contributed by atoms with E-state index in [9.17, 15) is 9.18 Å². The van der Waals surface area contributed by atoms with E-state index >= 15 is 0 Å². The molecule has 164 valence electrons. The first-order chi connectivity index (χ1) is 15.4. The molecule has 4 rings (SSSR count). The molecule has 0 spiro atoms. The van der Waals surface area contributed by atoms with Gasteiger partial charge in [0.1, 0.15) is 18.2 Å². The van der Waals surface area contributed by atoms with E-state index in [1.54, 1.807) is 29.1 Å². The highest BCUT2D eigenvalue weighted by atomic mass is 79.9. The number of hydrogen-bond donors (Lipinski definition) is 1. The van der Waals surface area contributed by atoms with Gasteiger partial charge in [0.2, 0.25) is 0 Å². The van der Waals surface area contributed by atoms with Gasteiger partial charge in [-0.3, -0.25) is 9.48 Å². The number of benzene rings is 2. The van der Waals surface area contributed by atoms with Crippen LogP contribution in [0.5, 0.6) is 5.75 Å². The third-order valence-electron chi connectivity index (χ3n) is 4.91. The van der Waals surface area contributed by atoms with E-state index in [-0.39, 0.29) is 18.3 Å². The Balaban J connectivity index is 1.40. The van der Waals surface area contributed by atoms with Gasteiger partial charge in [-0.2, -0.15) is 5.10 Å². The maximum absolute atomic E-state index is 13.9. The van der Waals surface area contributed by atoms with Gasteiger partial charge in [0.15, 0.2) is 5.82 Å². The fourth-order valence-electron chi connectivity index (χ4n) is 3.29. The molecule has 0 bridgehead atoms. The number of hydrogen-bond acceptors (Lipinski definition) is 4. The fourth-order valence-corrected chi connectivity index (χ4v) is 4.49. The predicted octanol–water partition coefficient (Wildman–Crippen LogP) is 6.34. The maximum atomic E-state index is 13.9. The van der Waals surface area contributed by atoms with Crippen LogP contribution in [0.3, 0.4) is 0 Å². The van der Waals surface area contributed by atoms with Crippen molar-refractivity contribution in [3.63, 3.8) is 0 Å². The van der Waals surface area contributed by atoms with Gasteiger partial charge in [0.05, 0.1) is 15.9 Å². The van der Waals surface area contributed by atoms with E-state index in [2.05, 4.69) is 26.3 Å². The Morgan fingerprint density at radius 2 is 1.94 bits per heavy atom. The molecule has 2 aromatic heterocycles. The summed E-state index contributed by atoms with van der Waals surface area (Å²) in [6, 6.07) is 14.4. The Kier molecular flexibility index (Phi) is 6.72. The normalized spacial score (nSPS) is 10.9. The minimum Gasteiger partial charge on any atom is -0.488 e. The first kappa shape index (κ1) is 22.2. The molecule has 2 aromatic carbocycles. The van der Waals surface area contributed by atoms with Crippen LogP contribution in [0.4, 0.5) is 10.2 Å². The van der Waals surface area contributed by atoms with Crippen molar-refractivity contribution in [3.05, 3.63) is 97.5 Å². The zero-order valence-corrected chi connectivity index (χ0v) is 20.0. The summed E-state index contributed by atoms with van der Waals surface area (Å²) in [5, 5.41) is 9.09. The first-order valence-corrected chi connectivity index (χ1v) is 11.6. The summed E-state index contributed by atoms with van der Waals surface area (Å²) in [6.45, 7) is 4.67. The minimum atomic E-state index is -0.293. The van der Waals surface area contributed by atoms with E-state index in [1.165, 1.54) is 17.4 Å². The standard InChI is InChI=1S/C24H21BrFN3O2S/c1-15-6-5-7-16(2)22(15)31-13-17-10-21(32-14-17)24(30)27-23-19(25)12-29(28-23)11-18-8-3-4-9-20(18)26/h3-10,12,14H,11,13H2,1-2H3,(H,27,28,30). The zero-order valence-electron chi connectivity index (χ0n) is 17.6. The number of carbonyl (C=O) groups excluding carboxylic acids is 1. The number of thiophene rings is 1. The van der Waals surface area contributed by atoms with Crippen LogP contribution in [0.25, 0.3) is 0 Å². The molecule has 8 heteroatoms. The Morgan fingerprint density at radius 3 is 2.69 bits per heavy atom. The number of ether oxygens (including phenoxy) is 1. The number of rotatable bonds is 7. The van der Waals surface area contributed by atoms with Gasteiger partial charge in [0, 0.05) is 17.3 Å². The maximum Gasteiger partial charge on any atom is 0.266 e. The largest absolute Gasteiger partial charge is 0.488 e. The molecule has 0 fully saturated rings. The molecule has 5 nitrogen and oxygen atoms in total. The van der Waals surface area contributed by atoms with Gasteiger partial charge in [-0.15, -0.1) is 11.3 Å². The number of carbonyl (C=O) groups is 1. The van der Waals surface area contributed by atoms with Gasteiger partial charge in [-0.05, 0) is 58.4 Å². The highest BCUT2D eigenvalue weighted by molar-refractivity contribution is 9.10. The van der Waals surface area contributed by atoms with Crippen molar-refractivity contribution in [1.29, 1.82) is 0 Å². The number of amides is 1. The molecule has 1 N–H and O–H groups in total. The van der Waals surface area contributed by atoms with Crippen LogP contribution in [0.2, 0.25) is 0 Å². The molecule has 0 atom stereocenters. The molecule has 32 heavy (non-hydrogen) atoms. The summed E-state index contributed by atoms with van der Waals surface area (Å²) < 4.78 is 22.1. The lowest BCUT2D eigenvalue weighted by molar-refractivity contribution is 0.103. The highest BCUT2D eigenvalue weighted by Gasteiger charge is 2.15. The summed E-state index contributed by atoms with van der Waals surface area (Å²) in [5.74, 6) is 0.700. The number of nitrogens with zero attached hydrogens (tertiary/aromatic N) is 2. The van der Waals surface area contributed by atoms with Crippen LogP contribution >= 0.6 is 27.3 Å². The molecule has 0 saturated carbocycles. The molecule has 0 aliphatic carbocycles. The van der Waals surface area contributed by atoms with Gasteiger partial charge >= 0.3 is 0 Å². The van der Waals surface area contributed by atoms with Crippen molar-refractivity contribution in [1.82, 2.24) is 9.78 Å². The first-order valence-electron chi connectivity index (χ1n) is 9.95. The van der Waals surface area contributed by atoms with Crippen LogP contribution in [-0.2, 0) is 13.2 Å². The van der Waals surface area contributed by atoms with Crippen molar-refractivity contribution in [2.75, 3.05) is 5.32 Å². The molecule has 0 saturated heterocycles. The van der Waals surface area contributed by atoms with Crippen molar-refractivity contribution in [2.45, 2.75) is 27.0 Å². The molecule has 0 radical (unpaired) electrons. The van der Waals surface area contributed by atoms with Gasteiger partial charge < -0.3 is 10.1 Å². The van der Waals surface area contributed by atoms with Crippen LogP contribution < -0.4 is 10.1 Å². The van der Waals surface area contributed by atoms with Crippen molar-refractivity contribution < 1.29 is 13.9 Å². The van der Waals surface area contributed by atoms with Gasteiger partial charge in [-0.25, -0.2) is 4.39 Å². The summed E-state index contributed by atoms with van der Waals surface area (Å²) >= 11 is 4.76. The molecular formula is C24H21BrFN3O2S. The number of aryl methyl sites for hydroxylation is 2. The number of anilines is 1. The van der Waals surface area contributed by atoms with Gasteiger partial charge in [0.25, 0.3) is 5.91 Å². The summed E-state index contributed by atoms with van der Waals surface area (Å²) in [4.78, 5) is 13.3. The van der Waals surface area contributed by atoms with Crippen molar-refractivity contribution in [2.24, 2.45) is 0 Å². The van der Waals surface area contributed by atoms with E-state index in [1.807, 2.05) is 43.5 Å². The number of nitrogens with one attached hydrogen (secondary N) is 1. The molecule has 0 aliphatic rings. The second kappa shape index (κ2) is 9.67. The molecule has 2 heterocycles. The summed E-state index contributed by atoms with van der Waals surface area (Å²) in [5.41, 5.74) is 3.60. The summed E-state index contributed by atoms with van der Waals surface area (Å²) in [7, 11) is 0. The lowest BCUT2D eigenvalue weighted by Gasteiger charge is -2.10. The predicted molar refractivity (Wildman–Crippen MR) is 128 cm³/mol. The molecule has 0 unspecified atom stereocenters. The lowest BCUT2D eigenvalue weighted by atomic mass is 10.1. The highest BCUT2D eigenvalue weighted by Crippen LogP contribution is 2.26. The number of halogens is 2. The third-order valence-corrected chi connectivity index (χ3v) is 6.47. The topological polar surface area (TPSA) is 56.1 Å².